The molecule has 134 valence electrons. The molecule has 3 aromatic rings. The van der Waals surface area contributed by atoms with Gasteiger partial charge in [-0.3, -0.25) is 4.79 Å². The van der Waals surface area contributed by atoms with Crippen LogP contribution in [-0.4, -0.2) is 27.8 Å². The van der Waals surface area contributed by atoms with E-state index in [1.54, 1.807) is 6.21 Å². The van der Waals surface area contributed by atoms with Gasteiger partial charge in [0.1, 0.15) is 11.6 Å². The van der Waals surface area contributed by atoms with Crippen molar-refractivity contribution in [3.05, 3.63) is 59.9 Å². The van der Waals surface area contributed by atoms with Crippen LogP contribution in [0.5, 0.6) is 5.75 Å². The minimum Gasteiger partial charge on any atom is -0.490 e. The van der Waals surface area contributed by atoms with Gasteiger partial charge in [0.2, 0.25) is 5.91 Å². The Balaban J connectivity index is 1.65. The molecule has 1 amide bonds. The van der Waals surface area contributed by atoms with E-state index in [4.69, 9.17) is 4.74 Å². The van der Waals surface area contributed by atoms with E-state index in [0.717, 1.165) is 22.3 Å². The summed E-state index contributed by atoms with van der Waals surface area (Å²) < 4.78 is 7.65. The van der Waals surface area contributed by atoms with Crippen LogP contribution in [0, 0.1) is 0 Å². The molecular formula is C20H22N4O2. The van der Waals surface area contributed by atoms with E-state index in [1.807, 2.05) is 74.0 Å². The predicted molar refractivity (Wildman–Crippen MR) is 102 cm³/mol. The van der Waals surface area contributed by atoms with Crippen molar-refractivity contribution in [1.82, 2.24) is 15.0 Å². The first kappa shape index (κ1) is 17.7. The van der Waals surface area contributed by atoms with Gasteiger partial charge in [-0.25, -0.2) is 10.4 Å². The summed E-state index contributed by atoms with van der Waals surface area (Å²) in [6.07, 6.45) is 1.81. The number of hydrazone groups is 1. The third-order valence-corrected chi connectivity index (χ3v) is 3.87. The number of aryl methyl sites for hydroxylation is 1. The van der Waals surface area contributed by atoms with Crippen molar-refractivity contribution in [1.29, 1.82) is 0 Å². The molecule has 6 heteroatoms. The zero-order chi connectivity index (χ0) is 18.5. The molecule has 2 aromatic carbocycles. The highest BCUT2D eigenvalue weighted by molar-refractivity contribution is 5.86. The van der Waals surface area contributed by atoms with E-state index < -0.39 is 0 Å². The van der Waals surface area contributed by atoms with Crippen molar-refractivity contribution in [2.75, 3.05) is 0 Å². The molecule has 0 unspecified atom stereocenters. The standard InChI is InChI=1S/C20H22N4O2/c1-14(2)26-18-11-7-4-8-15(18)13-21-23-20(25)12-19-22-16-9-5-6-10-17(16)24(19)3/h4-11,13-14H,12H2,1-3H3,(H,23,25)/b21-13+. The van der Waals surface area contributed by atoms with Crippen LogP contribution in [0.4, 0.5) is 0 Å². The minimum atomic E-state index is -0.220. The second-order valence-electron chi connectivity index (χ2n) is 6.25. The molecule has 0 bridgehead atoms. The molecule has 1 heterocycles. The van der Waals surface area contributed by atoms with E-state index in [1.165, 1.54) is 0 Å². The summed E-state index contributed by atoms with van der Waals surface area (Å²) in [6, 6.07) is 15.4. The predicted octanol–water partition coefficient (Wildman–Crippen LogP) is 3.05. The van der Waals surface area contributed by atoms with Gasteiger partial charge in [-0.05, 0) is 38.1 Å². The van der Waals surface area contributed by atoms with Crippen LogP contribution < -0.4 is 10.2 Å². The number of hydrogen-bond donors (Lipinski definition) is 1. The van der Waals surface area contributed by atoms with E-state index in [-0.39, 0.29) is 18.4 Å². The molecule has 0 aliphatic heterocycles. The molecule has 0 radical (unpaired) electrons. The molecule has 0 aliphatic rings. The second-order valence-corrected chi connectivity index (χ2v) is 6.25. The van der Waals surface area contributed by atoms with Crippen LogP contribution in [0.1, 0.15) is 25.2 Å². The molecule has 6 nitrogen and oxygen atoms in total. The number of amides is 1. The van der Waals surface area contributed by atoms with Gasteiger partial charge in [-0.15, -0.1) is 0 Å². The van der Waals surface area contributed by atoms with Crippen molar-refractivity contribution in [3.8, 4) is 5.75 Å². The zero-order valence-electron chi connectivity index (χ0n) is 15.1. The number of hydrogen-bond acceptors (Lipinski definition) is 4. The summed E-state index contributed by atoms with van der Waals surface area (Å²) in [6.45, 7) is 3.93. The third kappa shape index (κ3) is 4.08. The van der Waals surface area contributed by atoms with Gasteiger partial charge >= 0.3 is 0 Å². The molecule has 0 fully saturated rings. The molecule has 0 atom stereocenters. The first-order valence-electron chi connectivity index (χ1n) is 8.52. The maximum atomic E-state index is 12.2. The van der Waals surface area contributed by atoms with Crippen LogP contribution in [0.25, 0.3) is 11.0 Å². The fourth-order valence-electron chi connectivity index (χ4n) is 2.66. The Bertz CT molecular complexity index is 944. The summed E-state index contributed by atoms with van der Waals surface area (Å²) in [7, 11) is 1.90. The maximum absolute atomic E-state index is 12.2. The Labute approximate surface area is 152 Å². The lowest BCUT2D eigenvalue weighted by atomic mass is 10.2. The first-order valence-corrected chi connectivity index (χ1v) is 8.52. The zero-order valence-corrected chi connectivity index (χ0v) is 15.1. The highest BCUT2D eigenvalue weighted by atomic mass is 16.5. The third-order valence-electron chi connectivity index (χ3n) is 3.87. The van der Waals surface area contributed by atoms with Crippen LogP contribution in [0.15, 0.2) is 53.6 Å². The Kier molecular flexibility index (Phi) is 5.31. The Hall–Kier alpha value is -3.15. The summed E-state index contributed by atoms with van der Waals surface area (Å²) >= 11 is 0. The van der Waals surface area contributed by atoms with E-state index in [0.29, 0.717) is 5.82 Å². The van der Waals surface area contributed by atoms with Gasteiger partial charge in [0, 0.05) is 12.6 Å². The lowest BCUT2D eigenvalue weighted by molar-refractivity contribution is -0.120. The molecule has 0 saturated carbocycles. The molecule has 26 heavy (non-hydrogen) atoms. The van der Waals surface area contributed by atoms with Crippen molar-refractivity contribution < 1.29 is 9.53 Å². The number of imidazole rings is 1. The normalized spacial score (nSPS) is 11.4. The quantitative estimate of drug-likeness (QED) is 0.549. The van der Waals surface area contributed by atoms with Gasteiger partial charge in [-0.2, -0.15) is 5.10 Å². The average molecular weight is 350 g/mol. The van der Waals surface area contributed by atoms with Crippen molar-refractivity contribution in [2.45, 2.75) is 26.4 Å². The number of para-hydroxylation sites is 3. The Morgan fingerprint density at radius 1 is 1.23 bits per heavy atom. The fraction of sp³-hybridized carbons (Fsp3) is 0.250. The van der Waals surface area contributed by atoms with Gasteiger partial charge in [0.15, 0.2) is 0 Å². The average Bonchev–Trinajstić information content (AvgIpc) is 2.92. The number of benzene rings is 2. The summed E-state index contributed by atoms with van der Waals surface area (Å²) in [5.41, 5.74) is 5.24. The summed E-state index contributed by atoms with van der Waals surface area (Å²) in [5.74, 6) is 1.21. The van der Waals surface area contributed by atoms with Crippen LogP contribution in [0.3, 0.4) is 0 Å². The van der Waals surface area contributed by atoms with E-state index in [2.05, 4.69) is 15.5 Å². The highest BCUT2D eigenvalue weighted by Gasteiger charge is 2.11. The number of ether oxygens (including phenoxy) is 1. The number of nitrogens with one attached hydrogen (secondary N) is 1. The van der Waals surface area contributed by atoms with Crippen molar-refractivity contribution in [3.63, 3.8) is 0 Å². The van der Waals surface area contributed by atoms with Gasteiger partial charge < -0.3 is 9.30 Å². The smallest absolute Gasteiger partial charge is 0.247 e. The monoisotopic (exact) mass is 350 g/mol. The molecule has 0 saturated heterocycles. The molecule has 3 rings (SSSR count). The molecule has 0 spiro atoms. The maximum Gasteiger partial charge on any atom is 0.247 e. The second kappa shape index (κ2) is 7.82. The number of carbonyl (C=O) groups excluding carboxylic acids is 1. The van der Waals surface area contributed by atoms with Gasteiger partial charge in [0.05, 0.1) is 29.8 Å². The SMILES string of the molecule is CC(C)Oc1ccccc1/C=N/NC(=O)Cc1nc2ccccc2n1C. The Morgan fingerprint density at radius 3 is 2.73 bits per heavy atom. The first-order chi connectivity index (χ1) is 12.5. The largest absolute Gasteiger partial charge is 0.490 e. The van der Waals surface area contributed by atoms with Crippen LogP contribution in [-0.2, 0) is 18.3 Å². The van der Waals surface area contributed by atoms with Gasteiger partial charge in [-0.1, -0.05) is 24.3 Å². The van der Waals surface area contributed by atoms with Crippen LogP contribution >= 0.6 is 0 Å². The van der Waals surface area contributed by atoms with Crippen molar-refractivity contribution >= 4 is 23.2 Å². The minimum absolute atomic E-state index is 0.0664. The summed E-state index contributed by atoms with van der Waals surface area (Å²) in [5, 5.41) is 4.05. The fourth-order valence-corrected chi connectivity index (χ4v) is 2.66. The van der Waals surface area contributed by atoms with E-state index >= 15 is 0 Å². The van der Waals surface area contributed by atoms with Crippen molar-refractivity contribution in [2.24, 2.45) is 12.1 Å². The van der Waals surface area contributed by atoms with E-state index in [9.17, 15) is 4.79 Å². The lowest BCUT2D eigenvalue weighted by Gasteiger charge is -2.11. The lowest BCUT2D eigenvalue weighted by Crippen LogP contribution is -2.21. The van der Waals surface area contributed by atoms with Gasteiger partial charge in [0.25, 0.3) is 0 Å². The number of carbonyl (C=O) groups is 1. The highest BCUT2D eigenvalue weighted by Crippen LogP contribution is 2.17. The number of rotatable bonds is 6. The number of nitrogens with zero attached hydrogens (tertiary/aromatic N) is 3. The molecular weight excluding hydrogens is 328 g/mol. The number of aromatic nitrogens is 2. The molecule has 1 N–H and O–H groups in total. The van der Waals surface area contributed by atoms with Crippen LogP contribution in [0.2, 0.25) is 0 Å². The summed E-state index contributed by atoms with van der Waals surface area (Å²) in [4.78, 5) is 16.7. The molecule has 1 aromatic heterocycles. The molecule has 0 aliphatic carbocycles. The Morgan fingerprint density at radius 2 is 1.96 bits per heavy atom. The topological polar surface area (TPSA) is 68.5 Å². The number of fused-ring (bicyclic) bond motifs is 1.